The molecule has 1 aromatic heterocycles. The van der Waals surface area contributed by atoms with Gasteiger partial charge in [-0.1, -0.05) is 29.8 Å². The van der Waals surface area contributed by atoms with E-state index in [1.54, 1.807) is 48.7 Å². The molecule has 7 nitrogen and oxygen atoms in total. The standard InChI is InChI=1S/C21H14BrClN4O3/c22-18-15(23)6-5-14-13(9-25-19(14)18)7-16-20(29)27(21(30)26-16)17(10-28)12-3-1-11(8-24)2-4-12/h1-7,9,17,28-29H,10H2,(H,26,30)/b13-7+. The fourth-order valence-corrected chi connectivity index (χ4v) is 3.94. The fraction of sp³-hybridized carbons (Fsp3) is 0.0952. The van der Waals surface area contributed by atoms with Crippen molar-refractivity contribution in [3.63, 3.8) is 0 Å². The molecule has 4 rings (SSSR count). The zero-order valence-electron chi connectivity index (χ0n) is 15.3. The molecule has 2 aromatic carbocycles. The number of aromatic hydroxyl groups is 1. The molecule has 0 fully saturated rings. The molecule has 9 heteroatoms. The lowest BCUT2D eigenvalue weighted by Gasteiger charge is -2.16. The number of aromatic nitrogens is 2. The molecule has 3 aromatic rings. The van der Waals surface area contributed by atoms with E-state index in [1.165, 1.54) is 0 Å². The van der Waals surface area contributed by atoms with Gasteiger partial charge in [-0.05, 0) is 45.8 Å². The molecule has 0 bridgehead atoms. The molecular formula is C21H14BrClN4O3. The summed E-state index contributed by atoms with van der Waals surface area (Å²) in [6.45, 7) is -0.414. The number of aliphatic imine (C=N–C) groups is 1. The molecule has 0 aliphatic carbocycles. The first-order chi connectivity index (χ1) is 14.4. The Balaban J connectivity index is 1.76. The lowest BCUT2D eigenvalue weighted by Crippen LogP contribution is -2.25. The zero-order chi connectivity index (χ0) is 21.4. The smallest absolute Gasteiger partial charge is 0.329 e. The summed E-state index contributed by atoms with van der Waals surface area (Å²) in [4.78, 5) is 19.5. The van der Waals surface area contributed by atoms with E-state index in [4.69, 9.17) is 16.9 Å². The van der Waals surface area contributed by atoms with Gasteiger partial charge in [-0.2, -0.15) is 5.26 Å². The highest BCUT2D eigenvalue weighted by atomic mass is 79.9. The number of nitrogens with one attached hydrogen (secondary N) is 1. The maximum Gasteiger partial charge on any atom is 0.329 e. The Morgan fingerprint density at radius 3 is 2.70 bits per heavy atom. The van der Waals surface area contributed by atoms with Gasteiger partial charge >= 0.3 is 5.69 Å². The van der Waals surface area contributed by atoms with Crippen molar-refractivity contribution >= 4 is 51.1 Å². The lowest BCUT2D eigenvalue weighted by molar-refractivity contribution is 0.237. The van der Waals surface area contributed by atoms with E-state index in [0.717, 1.165) is 10.1 Å². The summed E-state index contributed by atoms with van der Waals surface area (Å²) in [5, 5.41) is 30.1. The topological polar surface area (TPSA) is 114 Å². The fourth-order valence-electron chi connectivity index (χ4n) is 3.34. The van der Waals surface area contributed by atoms with Crippen LogP contribution in [0.25, 0.3) is 11.6 Å². The number of nitriles is 1. The average Bonchev–Trinajstić information content (AvgIpc) is 3.28. The highest BCUT2D eigenvalue weighted by Gasteiger charge is 2.23. The predicted molar refractivity (Wildman–Crippen MR) is 118 cm³/mol. The second kappa shape index (κ2) is 7.95. The first kappa shape index (κ1) is 20.2. The molecule has 2 heterocycles. The number of H-pyrrole nitrogens is 1. The van der Waals surface area contributed by atoms with Crippen molar-refractivity contribution in [3.05, 3.63) is 78.8 Å². The highest BCUT2D eigenvalue weighted by Crippen LogP contribution is 2.42. The Morgan fingerprint density at radius 1 is 1.30 bits per heavy atom. The number of fused-ring (bicyclic) bond motifs is 1. The van der Waals surface area contributed by atoms with Crippen molar-refractivity contribution in [1.29, 1.82) is 5.26 Å². The van der Waals surface area contributed by atoms with E-state index in [9.17, 15) is 15.0 Å². The third-order valence-electron chi connectivity index (χ3n) is 4.85. The van der Waals surface area contributed by atoms with Gasteiger partial charge in [0.05, 0.1) is 39.5 Å². The summed E-state index contributed by atoms with van der Waals surface area (Å²) in [7, 11) is 0. The minimum Gasteiger partial charge on any atom is -0.493 e. The van der Waals surface area contributed by atoms with Crippen LogP contribution in [0.5, 0.6) is 5.88 Å². The summed E-state index contributed by atoms with van der Waals surface area (Å²) in [5.74, 6) is -0.314. The maximum absolute atomic E-state index is 12.6. The van der Waals surface area contributed by atoms with Crippen LogP contribution in [0.4, 0.5) is 5.69 Å². The van der Waals surface area contributed by atoms with Crippen molar-refractivity contribution < 1.29 is 10.2 Å². The van der Waals surface area contributed by atoms with Crippen LogP contribution in [-0.4, -0.2) is 32.6 Å². The van der Waals surface area contributed by atoms with Gasteiger partial charge in [-0.25, -0.2) is 4.79 Å². The molecule has 0 saturated heterocycles. The van der Waals surface area contributed by atoms with Crippen molar-refractivity contribution in [2.45, 2.75) is 6.04 Å². The monoisotopic (exact) mass is 484 g/mol. The normalized spacial score (nSPS) is 14.7. The van der Waals surface area contributed by atoms with Gasteiger partial charge in [-0.3, -0.25) is 9.56 Å². The summed E-state index contributed by atoms with van der Waals surface area (Å²) in [6, 6.07) is 11.2. The third-order valence-corrected chi connectivity index (χ3v) is 6.20. The zero-order valence-corrected chi connectivity index (χ0v) is 17.6. The van der Waals surface area contributed by atoms with E-state index in [-0.39, 0.29) is 11.6 Å². The molecule has 150 valence electrons. The highest BCUT2D eigenvalue weighted by molar-refractivity contribution is 9.10. The first-order valence-corrected chi connectivity index (χ1v) is 10.00. The Hall–Kier alpha value is -3.12. The number of benzene rings is 2. The van der Waals surface area contributed by atoms with Gasteiger partial charge in [0.1, 0.15) is 5.69 Å². The van der Waals surface area contributed by atoms with Crippen LogP contribution in [0.2, 0.25) is 5.02 Å². The van der Waals surface area contributed by atoms with Crippen molar-refractivity contribution in [2.75, 3.05) is 6.61 Å². The molecule has 30 heavy (non-hydrogen) atoms. The molecule has 0 amide bonds. The minimum absolute atomic E-state index is 0.187. The van der Waals surface area contributed by atoms with E-state index >= 15 is 0 Å². The molecule has 1 aliphatic rings. The van der Waals surface area contributed by atoms with Gasteiger partial charge in [0.2, 0.25) is 5.88 Å². The Labute approximate surface area is 184 Å². The summed E-state index contributed by atoms with van der Waals surface area (Å²) in [5.41, 5.74) is 2.80. The maximum atomic E-state index is 12.6. The summed E-state index contributed by atoms with van der Waals surface area (Å²) >= 11 is 9.51. The number of rotatable bonds is 4. The van der Waals surface area contributed by atoms with Crippen LogP contribution >= 0.6 is 27.5 Å². The van der Waals surface area contributed by atoms with Crippen LogP contribution in [-0.2, 0) is 0 Å². The summed E-state index contributed by atoms with van der Waals surface area (Å²) < 4.78 is 1.75. The molecule has 3 N–H and O–H groups in total. The molecule has 1 unspecified atom stereocenters. The molecule has 0 spiro atoms. The van der Waals surface area contributed by atoms with Crippen molar-refractivity contribution in [1.82, 2.24) is 9.55 Å². The molecular weight excluding hydrogens is 472 g/mol. The molecule has 1 atom stereocenters. The number of imidazole rings is 1. The number of allylic oxidation sites excluding steroid dienone is 1. The largest absolute Gasteiger partial charge is 0.493 e. The Kier molecular flexibility index (Phi) is 5.35. The van der Waals surface area contributed by atoms with Crippen LogP contribution in [0.3, 0.4) is 0 Å². The van der Waals surface area contributed by atoms with Gasteiger partial charge in [0.15, 0.2) is 0 Å². The van der Waals surface area contributed by atoms with Crippen molar-refractivity contribution in [2.24, 2.45) is 4.99 Å². The van der Waals surface area contributed by atoms with E-state index in [1.807, 2.05) is 6.07 Å². The second-order valence-corrected chi connectivity index (χ2v) is 7.79. The van der Waals surface area contributed by atoms with Gasteiger partial charge in [0, 0.05) is 17.4 Å². The number of hydrogen-bond acceptors (Lipinski definition) is 5. The predicted octanol–water partition coefficient (Wildman–Crippen LogP) is 4.01. The average molecular weight is 486 g/mol. The van der Waals surface area contributed by atoms with Gasteiger partial charge in [0.25, 0.3) is 0 Å². The van der Waals surface area contributed by atoms with E-state index in [0.29, 0.717) is 31.9 Å². The Bertz CT molecular complexity index is 1300. The minimum atomic E-state index is -0.814. The van der Waals surface area contributed by atoms with Crippen LogP contribution in [0.1, 0.15) is 28.4 Å². The number of aromatic amines is 1. The number of aliphatic hydroxyl groups is 1. The molecule has 0 radical (unpaired) electrons. The number of hydrogen-bond donors (Lipinski definition) is 3. The molecule has 0 saturated carbocycles. The summed E-state index contributed by atoms with van der Waals surface area (Å²) in [6.07, 6.45) is 3.22. The quantitative estimate of drug-likeness (QED) is 0.518. The van der Waals surface area contributed by atoms with Crippen molar-refractivity contribution in [3.8, 4) is 11.9 Å². The lowest BCUT2D eigenvalue weighted by atomic mass is 10.1. The van der Waals surface area contributed by atoms with Crippen LogP contribution in [0.15, 0.2) is 50.7 Å². The second-order valence-electron chi connectivity index (χ2n) is 6.59. The first-order valence-electron chi connectivity index (χ1n) is 8.83. The van der Waals surface area contributed by atoms with Crippen LogP contribution < -0.4 is 5.69 Å². The third kappa shape index (κ3) is 3.37. The molecule has 1 aliphatic heterocycles. The number of aliphatic hydroxyl groups excluding tert-OH is 1. The van der Waals surface area contributed by atoms with Gasteiger partial charge in [-0.15, -0.1) is 0 Å². The van der Waals surface area contributed by atoms with E-state index < -0.39 is 18.3 Å². The SMILES string of the molecule is N#Cc1ccc(C(CO)n2c(O)c(/C=C3\C=Nc4c3ccc(Cl)c4Br)[nH]c2=O)cc1. The number of halogens is 2. The number of nitrogens with zero attached hydrogens (tertiary/aromatic N) is 3. The Morgan fingerprint density at radius 2 is 2.03 bits per heavy atom. The van der Waals surface area contributed by atoms with Crippen LogP contribution in [0, 0.1) is 11.3 Å². The van der Waals surface area contributed by atoms with Gasteiger partial charge < -0.3 is 15.2 Å². The van der Waals surface area contributed by atoms with E-state index in [2.05, 4.69) is 25.9 Å².